The molecule has 1 aliphatic carbocycles. The minimum atomic E-state index is -0.285. The molecular formula is C20H29N3O2. The molecule has 2 aliphatic heterocycles. The van der Waals surface area contributed by atoms with Gasteiger partial charge in [0.15, 0.2) is 0 Å². The normalized spacial score (nSPS) is 29.0. The zero-order chi connectivity index (χ0) is 17.4. The van der Waals surface area contributed by atoms with Crippen molar-refractivity contribution in [2.75, 3.05) is 52.9 Å². The van der Waals surface area contributed by atoms with Gasteiger partial charge >= 0.3 is 0 Å². The first-order chi connectivity index (χ1) is 12.1. The number of piperazine rings is 1. The Bertz CT molecular complexity index is 638. The summed E-state index contributed by atoms with van der Waals surface area (Å²) in [5.74, 6) is 0.261. The molecular weight excluding hydrogens is 314 g/mol. The van der Waals surface area contributed by atoms with Crippen LogP contribution in [0.1, 0.15) is 24.5 Å². The maximum atomic E-state index is 13.1. The highest BCUT2D eigenvalue weighted by molar-refractivity contribution is 5.81. The molecule has 2 heterocycles. The van der Waals surface area contributed by atoms with E-state index >= 15 is 0 Å². The van der Waals surface area contributed by atoms with Gasteiger partial charge < -0.3 is 14.5 Å². The molecule has 1 aromatic rings. The van der Waals surface area contributed by atoms with E-state index < -0.39 is 0 Å². The fraction of sp³-hybridized carbons (Fsp3) is 0.650. The van der Waals surface area contributed by atoms with Crippen LogP contribution in [0.15, 0.2) is 24.3 Å². The van der Waals surface area contributed by atoms with Crippen molar-refractivity contribution in [3.05, 3.63) is 35.4 Å². The Labute approximate surface area is 150 Å². The zero-order valence-electron chi connectivity index (χ0n) is 15.4. The van der Waals surface area contributed by atoms with Crippen molar-refractivity contribution in [2.24, 2.45) is 0 Å². The van der Waals surface area contributed by atoms with E-state index in [1.807, 2.05) is 0 Å². The summed E-state index contributed by atoms with van der Waals surface area (Å²) >= 11 is 0. The van der Waals surface area contributed by atoms with Crippen LogP contribution in [0.5, 0.6) is 0 Å². The summed E-state index contributed by atoms with van der Waals surface area (Å²) in [5.41, 5.74) is 2.38. The number of rotatable bonds is 2. The minimum Gasteiger partial charge on any atom is -0.367 e. The molecule has 4 rings (SSSR count). The number of carbonyl (C=O) groups is 1. The van der Waals surface area contributed by atoms with Crippen LogP contribution < -0.4 is 0 Å². The molecule has 5 heteroatoms. The first-order valence-corrected chi connectivity index (χ1v) is 9.53. The smallest absolute Gasteiger partial charge is 0.239 e. The lowest BCUT2D eigenvalue weighted by Crippen LogP contribution is -2.58. The number of carbonyl (C=O) groups excluding carboxylic acids is 1. The van der Waals surface area contributed by atoms with Crippen molar-refractivity contribution < 1.29 is 9.53 Å². The van der Waals surface area contributed by atoms with E-state index in [1.165, 1.54) is 11.1 Å². The number of hydrogen-bond donors (Lipinski definition) is 0. The van der Waals surface area contributed by atoms with Gasteiger partial charge in [-0.1, -0.05) is 24.3 Å². The molecule has 2 saturated heterocycles. The average Bonchev–Trinajstić information content (AvgIpc) is 2.99. The number of aryl methyl sites for hydroxylation is 1. The number of fused-ring (bicyclic) bond motifs is 2. The first-order valence-electron chi connectivity index (χ1n) is 9.53. The Hall–Kier alpha value is -1.43. The monoisotopic (exact) mass is 343 g/mol. The van der Waals surface area contributed by atoms with Gasteiger partial charge in [0.25, 0.3) is 0 Å². The predicted molar refractivity (Wildman–Crippen MR) is 97.5 cm³/mol. The fourth-order valence-corrected chi connectivity index (χ4v) is 4.57. The number of hydrogen-bond acceptors (Lipinski definition) is 4. The van der Waals surface area contributed by atoms with Crippen LogP contribution in [0, 0.1) is 0 Å². The van der Waals surface area contributed by atoms with Crippen molar-refractivity contribution in [3.8, 4) is 0 Å². The lowest BCUT2D eigenvalue weighted by atomic mass is 9.93. The lowest BCUT2D eigenvalue weighted by molar-refractivity contribution is -0.157. The van der Waals surface area contributed by atoms with Crippen molar-refractivity contribution in [1.29, 1.82) is 0 Å². The molecule has 0 aromatic heterocycles. The van der Waals surface area contributed by atoms with Gasteiger partial charge in [-0.05, 0) is 37.9 Å². The largest absolute Gasteiger partial charge is 0.367 e. The number of benzene rings is 1. The highest BCUT2D eigenvalue weighted by Gasteiger charge is 2.45. The molecule has 0 radical (unpaired) electrons. The second-order valence-corrected chi connectivity index (χ2v) is 7.77. The van der Waals surface area contributed by atoms with Gasteiger partial charge in [-0.3, -0.25) is 9.69 Å². The van der Waals surface area contributed by atoms with Gasteiger partial charge in [-0.15, -0.1) is 0 Å². The molecule has 0 N–H and O–H groups in total. The lowest BCUT2D eigenvalue weighted by Gasteiger charge is -2.44. The summed E-state index contributed by atoms with van der Waals surface area (Å²) < 4.78 is 6.26. The van der Waals surface area contributed by atoms with Crippen molar-refractivity contribution >= 4 is 5.91 Å². The summed E-state index contributed by atoms with van der Waals surface area (Å²) in [7, 11) is 2.15. The summed E-state index contributed by atoms with van der Waals surface area (Å²) in [5, 5.41) is 0. The second kappa shape index (κ2) is 6.71. The molecule has 25 heavy (non-hydrogen) atoms. The van der Waals surface area contributed by atoms with Gasteiger partial charge in [0.05, 0.1) is 19.2 Å². The molecule has 2 atom stereocenters. The van der Waals surface area contributed by atoms with Crippen LogP contribution in [-0.2, 0) is 21.6 Å². The van der Waals surface area contributed by atoms with Gasteiger partial charge in [0.2, 0.25) is 5.91 Å². The van der Waals surface area contributed by atoms with E-state index in [4.69, 9.17) is 4.74 Å². The molecule has 0 unspecified atom stereocenters. The quantitative estimate of drug-likeness (QED) is 0.812. The Balaban J connectivity index is 1.47. The summed E-state index contributed by atoms with van der Waals surface area (Å²) in [4.78, 5) is 19.8. The Morgan fingerprint density at radius 2 is 1.92 bits per heavy atom. The number of ether oxygens (including phenoxy) is 1. The molecule has 136 valence electrons. The number of likely N-dealkylation sites (N-methyl/N-ethyl adjacent to an activating group) is 1. The number of nitrogens with zero attached hydrogens (tertiary/aromatic N) is 3. The third kappa shape index (κ3) is 3.09. The fourth-order valence-electron chi connectivity index (χ4n) is 4.57. The van der Waals surface area contributed by atoms with Crippen LogP contribution in [0.3, 0.4) is 0 Å². The molecule has 2 fully saturated rings. The molecule has 0 bridgehead atoms. The number of amides is 1. The topological polar surface area (TPSA) is 36.0 Å². The molecule has 0 saturated carbocycles. The van der Waals surface area contributed by atoms with Gasteiger partial charge in [0, 0.05) is 32.7 Å². The van der Waals surface area contributed by atoms with Crippen LogP contribution >= 0.6 is 0 Å². The average molecular weight is 343 g/mol. The van der Waals surface area contributed by atoms with Crippen molar-refractivity contribution in [2.45, 2.75) is 31.4 Å². The van der Waals surface area contributed by atoms with Crippen LogP contribution in [0.2, 0.25) is 0 Å². The summed E-state index contributed by atoms with van der Waals surface area (Å²) in [6.45, 7) is 8.13. The van der Waals surface area contributed by atoms with E-state index in [9.17, 15) is 4.79 Å². The highest BCUT2D eigenvalue weighted by atomic mass is 16.5. The SMILES string of the molecule is C[C@@H](C(=O)N1CCO[C@@]2(CCc3ccccc32)C1)N1CCN(C)CC1. The Morgan fingerprint density at radius 3 is 2.72 bits per heavy atom. The minimum absolute atomic E-state index is 0.0412. The molecule has 1 amide bonds. The third-order valence-electron chi connectivity index (χ3n) is 6.25. The van der Waals surface area contributed by atoms with Crippen LogP contribution in [0.25, 0.3) is 0 Å². The van der Waals surface area contributed by atoms with Crippen LogP contribution in [-0.4, -0.2) is 79.6 Å². The first kappa shape index (κ1) is 17.0. The van der Waals surface area contributed by atoms with E-state index in [2.05, 4.69) is 52.9 Å². The van der Waals surface area contributed by atoms with Crippen LogP contribution in [0.4, 0.5) is 0 Å². The van der Waals surface area contributed by atoms with E-state index in [0.29, 0.717) is 19.7 Å². The van der Waals surface area contributed by atoms with E-state index in [0.717, 1.165) is 39.0 Å². The summed E-state index contributed by atoms with van der Waals surface area (Å²) in [6.07, 6.45) is 2.03. The van der Waals surface area contributed by atoms with Gasteiger partial charge in [-0.2, -0.15) is 0 Å². The van der Waals surface area contributed by atoms with E-state index in [-0.39, 0.29) is 17.6 Å². The molecule has 1 aromatic carbocycles. The van der Waals surface area contributed by atoms with Gasteiger partial charge in [-0.25, -0.2) is 0 Å². The standard InChI is InChI=1S/C20H29N3O2/c1-16(22-11-9-21(2)10-12-22)19(24)23-13-14-25-20(15-23)8-7-17-5-3-4-6-18(17)20/h3-6,16H,7-15H2,1-2H3/t16-,20-/m0/s1. The number of morpholine rings is 1. The molecule has 5 nitrogen and oxygen atoms in total. The second-order valence-electron chi connectivity index (χ2n) is 7.77. The van der Waals surface area contributed by atoms with Crippen molar-refractivity contribution in [3.63, 3.8) is 0 Å². The molecule has 1 spiro atoms. The molecule has 3 aliphatic rings. The van der Waals surface area contributed by atoms with E-state index in [1.54, 1.807) is 0 Å². The zero-order valence-corrected chi connectivity index (χ0v) is 15.4. The predicted octanol–water partition coefficient (Wildman–Crippen LogP) is 1.32. The van der Waals surface area contributed by atoms with Gasteiger partial charge in [0.1, 0.15) is 5.60 Å². The Kier molecular flexibility index (Phi) is 4.56. The maximum absolute atomic E-state index is 13.1. The highest BCUT2D eigenvalue weighted by Crippen LogP contribution is 2.42. The third-order valence-corrected chi connectivity index (χ3v) is 6.25. The van der Waals surface area contributed by atoms with Crippen molar-refractivity contribution in [1.82, 2.24) is 14.7 Å². The summed E-state index contributed by atoms with van der Waals surface area (Å²) in [6, 6.07) is 8.52. The Morgan fingerprint density at radius 1 is 1.16 bits per heavy atom. The maximum Gasteiger partial charge on any atom is 0.239 e.